The van der Waals surface area contributed by atoms with Crippen LogP contribution in [0.25, 0.3) is 21.9 Å². The lowest BCUT2D eigenvalue weighted by Gasteiger charge is -2.34. The van der Waals surface area contributed by atoms with Crippen molar-refractivity contribution in [3.05, 3.63) is 35.2 Å². The van der Waals surface area contributed by atoms with Crippen molar-refractivity contribution in [1.29, 1.82) is 0 Å². The normalized spacial score (nSPS) is 23.2. The van der Waals surface area contributed by atoms with Gasteiger partial charge in [-0.1, -0.05) is 17.7 Å². The fraction of sp³-hybridized carbons (Fsp3) is 0.524. The molecule has 2 fully saturated rings. The first kappa shape index (κ1) is 20.0. The van der Waals surface area contributed by atoms with E-state index in [2.05, 4.69) is 20.2 Å². The highest BCUT2D eigenvalue weighted by molar-refractivity contribution is 6.34. The Balaban J connectivity index is 1.49. The van der Waals surface area contributed by atoms with Gasteiger partial charge in [0.25, 0.3) is 0 Å². The minimum atomic E-state index is -4.37. The summed E-state index contributed by atoms with van der Waals surface area (Å²) in [5.41, 5.74) is 2.61. The van der Waals surface area contributed by atoms with Crippen LogP contribution in [0.1, 0.15) is 24.8 Å². The first-order valence-electron chi connectivity index (χ1n) is 10.2. The Hall–Kier alpha value is -1.90. The monoisotopic (exact) mass is 437 g/mol. The summed E-state index contributed by atoms with van der Waals surface area (Å²) >= 11 is 6.17. The Morgan fingerprint density at radius 3 is 2.83 bits per heavy atom. The van der Waals surface area contributed by atoms with E-state index in [1.54, 1.807) is 6.07 Å². The van der Waals surface area contributed by atoms with E-state index in [4.69, 9.17) is 11.6 Å². The number of nitrogens with zero attached hydrogens (tertiary/aromatic N) is 4. The quantitative estimate of drug-likeness (QED) is 0.618. The molecule has 30 heavy (non-hydrogen) atoms. The molecule has 160 valence electrons. The van der Waals surface area contributed by atoms with E-state index in [-0.39, 0.29) is 10.7 Å². The van der Waals surface area contributed by atoms with E-state index in [0.29, 0.717) is 21.8 Å². The molecule has 1 N–H and O–H groups in total. The van der Waals surface area contributed by atoms with Crippen LogP contribution in [0.3, 0.4) is 0 Å². The van der Waals surface area contributed by atoms with Gasteiger partial charge in [-0.25, -0.2) is 9.97 Å². The van der Waals surface area contributed by atoms with E-state index >= 15 is 0 Å². The lowest BCUT2D eigenvalue weighted by molar-refractivity contribution is -0.139. The maximum Gasteiger partial charge on any atom is 0.406 e. The van der Waals surface area contributed by atoms with Gasteiger partial charge in [-0.05, 0) is 55.5 Å². The van der Waals surface area contributed by atoms with Crippen LogP contribution in [0.15, 0.2) is 24.5 Å². The van der Waals surface area contributed by atoms with Crippen LogP contribution >= 0.6 is 11.6 Å². The summed E-state index contributed by atoms with van der Waals surface area (Å²) in [6.45, 7) is 3.93. The van der Waals surface area contributed by atoms with Crippen molar-refractivity contribution in [3.63, 3.8) is 0 Å². The van der Waals surface area contributed by atoms with Gasteiger partial charge in [0.1, 0.15) is 23.9 Å². The number of piperidine rings is 1. The minimum absolute atomic E-state index is 0.0354. The third kappa shape index (κ3) is 3.65. The fourth-order valence-corrected chi connectivity index (χ4v) is 5.40. The molecule has 2 saturated heterocycles. The van der Waals surface area contributed by atoms with Gasteiger partial charge in [-0.2, -0.15) is 13.2 Å². The Morgan fingerprint density at radius 2 is 2.07 bits per heavy atom. The molecule has 5 rings (SSSR count). The summed E-state index contributed by atoms with van der Waals surface area (Å²) in [6.07, 6.45) is 0.606. The Morgan fingerprint density at radius 1 is 1.20 bits per heavy atom. The zero-order chi connectivity index (χ0) is 20.9. The number of alkyl halides is 3. The van der Waals surface area contributed by atoms with E-state index < -0.39 is 12.7 Å². The van der Waals surface area contributed by atoms with Gasteiger partial charge in [0.2, 0.25) is 0 Å². The number of aromatic nitrogens is 3. The summed E-state index contributed by atoms with van der Waals surface area (Å²) in [5.74, 6) is 0. The van der Waals surface area contributed by atoms with Crippen molar-refractivity contribution in [2.24, 2.45) is 5.41 Å². The molecule has 9 heteroatoms. The highest BCUT2D eigenvalue weighted by atomic mass is 35.5. The molecule has 3 aromatic rings. The molecule has 1 atom stereocenters. The lowest BCUT2D eigenvalue weighted by atomic mass is 9.80. The van der Waals surface area contributed by atoms with Crippen molar-refractivity contribution >= 4 is 33.5 Å². The molecule has 0 aliphatic carbocycles. The minimum Gasteiger partial charge on any atom is -0.327 e. The summed E-state index contributed by atoms with van der Waals surface area (Å²) in [5, 5.41) is 4.24. The maximum atomic E-state index is 13.2. The summed E-state index contributed by atoms with van der Waals surface area (Å²) in [6, 6.07) is 5.62. The molecule has 0 amide bonds. The number of likely N-dealkylation sites (tertiary alicyclic amines) is 1. The number of halogens is 4. The fourth-order valence-electron chi connectivity index (χ4n) is 5.16. The van der Waals surface area contributed by atoms with E-state index in [9.17, 15) is 13.2 Å². The van der Waals surface area contributed by atoms with Crippen LogP contribution in [-0.4, -0.2) is 51.8 Å². The third-order valence-electron chi connectivity index (χ3n) is 6.48. The van der Waals surface area contributed by atoms with Gasteiger partial charge in [0.05, 0.1) is 5.52 Å². The van der Waals surface area contributed by atoms with Crippen molar-refractivity contribution in [3.8, 4) is 0 Å². The van der Waals surface area contributed by atoms with E-state index in [1.807, 2.05) is 12.1 Å². The SMILES string of the molecule is FC(F)(F)Cn1c2ccc(CN3CCC4(CCCNC4)C3)cc2c2ncnc(Cl)c21. The molecule has 0 bridgehead atoms. The molecule has 2 aromatic heterocycles. The predicted octanol–water partition coefficient (Wildman–Crippen LogP) is 4.38. The van der Waals surface area contributed by atoms with E-state index in [1.165, 1.54) is 30.2 Å². The van der Waals surface area contributed by atoms with Crippen LogP contribution in [0, 0.1) is 5.41 Å². The van der Waals surface area contributed by atoms with Crippen LogP contribution in [-0.2, 0) is 13.1 Å². The first-order valence-corrected chi connectivity index (χ1v) is 10.6. The molecule has 5 nitrogen and oxygen atoms in total. The number of fused-ring (bicyclic) bond motifs is 3. The average Bonchev–Trinajstić information content (AvgIpc) is 3.21. The second-order valence-corrected chi connectivity index (χ2v) is 9.01. The standard InChI is InChI=1S/C21H23ClF3N5/c22-19-18-17(27-13-28-19)15-8-14(2-3-16(15)30(18)12-21(23,24)25)9-29-7-5-20(11-29)4-1-6-26-10-20/h2-3,8,13,26H,1,4-7,9-12H2. The van der Waals surface area contributed by atoms with Gasteiger partial charge in [0.15, 0.2) is 5.15 Å². The number of hydrogen-bond acceptors (Lipinski definition) is 4. The molecule has 2 aliphatic rings. The van der Waals surface area contributed by atoms with Crippen LogP contribution < -0.4 is 5.32 Å². The molecule has 1 unspecified atom stereocenters. The van der Waals surface area contributed by atoms with Crippen LogP contribution in [0.5, 0.6) is 0 Å². The molecular weight excluding hydrogens is 415 g/mol. The van der Waals surface area contributed by atoms with Gasteiger partial charge in [-0.3, -0.25) is 4.90 Å². The third-order valence-corrected chi connectivity index (χ3v) is 6.75. The van der Waals surface area contributed by atoms with Crippen LogP contribution in [0.4, 0.5) is 13.2 Å². The van der Waals surface area contributed by atoms with E-state index in [0.717, 1.165) is 38.3 Å². The topological polar surface area (TPSA) is 46.0 Å². The zero-order valence-corrected chi connectivity index (χ0v) is 17.2. The zero-order valence-electron chi connectivity index (χ0n) is 16.5. The lowest BCUT2D eigenvalue weighted by Crippen LogP contribution is -2.41. The summed E-state index contributed by atoms with van der Waals surface area (Å²) < 4.78 is 40.8. The van der Waals surface area contributed by atoms with Gasteiger partial charge in [0, 0.05) is 25.0 Å². The Bertz CT molecular complexity index is 1090. The van der Waals surface area contributed by atoms with Gasteiger partial charge in [-0.15, -0.1) is 0 Å². The molecule has 0 saturated carbocycles. The second kappa shape index (κ2) is 7.35. The Kier molecular flexibility index (Phi) is 4.91. The summed E-state index contributed by atoms with van der Waals surface area (Å²) in [7, 11) is 0. The molecule has 4 heterocycles. The van der Waals surface area contributed by atoms with Gasteiger partial charge < -0.3 is 9.88 Å². The first-order chi connectivity index (χ1) is 14.3. The molecular formula is C21H23ClF3N5. The highest BCUT2D eigenvalue weighted by Gasteiger charge is 2.38. The number of benzene rings is 1. The number of hydrogen-bond donors (Lipinski definition) is 1. The smallest absolute Gasteiger partial charge is 0.327 e. The van der Waals surface area contributed by atoms with Crippen molar-refractivity contribution in [2.75, 3.05) is 26.2 Å². The van der Waals surface area contributed by atoms with Crippen molar-refractivity contribution < 1.29 is 13.2 Å². The number of nitrogens with one attached hydrogen (secondary N) is 1. The Labute approximate surface area is 177 Å². The summed E-state index contributed by atoms with van der Waals surface area (Å²) in [4.78, 5) is 10.6. The van der Waals surface area contributed by atoms with Crippen molar-refractivity contribution in [1.82, 2.24) is 24.8 Å². The van der Waals surface area contributed by atoms with Crippen molar-refractivity contribution in [2.45, 2.75) is 38.5 Å². The molecule has 2 aliphatic heterocycles. The molecule has 1 aromatic carbocycles. The maximum absolute atomic E-state index is 13.2. The molecule has 0 radical (unpaired) electrons. The molecule has 1 spiro atoms. The second-order valence-electron chi connectivity index (χ2n) is 8.66. The number of rotatable bonds is 3. The van der Waals surface area contributed by atoms with Gasteiger partial charge >= 0.3 is 6.18 Å². The highest BCUT2D eigenvalue weighted by Crippen LogP contribution is 2.38. The average molecular weight is 438 g/mol. The largest absolute Gasteiger partial charge is 0.406 e. The van der Waals surface area contributed by atoms with Crippen LogP contribution in [0.2, 0.25) is 5.15 Å². The predicted molar refractivity (Wildman–Crippen MR) is 111 cm³/mol.